The van der Waals surface area contributed by atoms with Crippen molar-refractivity contribution in [2.75, 3.05) is 9.80 Å². The van der Waals surface area contributed by atoms with Crippen LogP contribution >= 0.6 is 0 Å². The van der Waals surface area contributed by atoms with Gasteiger partial charge in [-0.25, -0.2) is 4.85 Å². The fourth-order valence-corrected chi connectivity index (χ4v) is 7.04. The van der Waals surface area contributed by atoms with Crippen LogP contribution in [0.1, 0.15) is 16.7 Å². The smallest absolute Gasteiger partial charge is 0.187 e. The summed E-state index contributed by atoms with van der Waals surface area (Å²) in [5, 5.41) is 16.7. The van der Waals surface area contributed by atoms with E-state index in [0.717, 1.165) is 44.9 Å². The van der Waals surface area contributed by atoms with Crippen molar-refractivity contribution in [1.82, 2.24) is 0 Å². The quantitative estimate of drug-likeness (QED) is 0.138. The number of hydrogen-bond acceptors (Lipinski definition) is 3. The lowest BCUT2D eigenvalue weighted by Crippen LogP contribution is -2.12. The third-order valence-corrected chi connectivity index (χ3v) is 9.27. The molecule has 4 heteroatoms. The predicted octanol–water partition coefficient (Wildman–Crippen LogP) is 12.6. The van der Waals surface area contributed by atoms with E-state index in [1.165, 1.54) is 32.7 Å². The van der Waals surface area contributed by atoms with Crippen LogP contribution in [0.5, 0.6) is 0 Å². The van der Waals surface area contributed by atoms with Gasteiger partial charge < -0.3 is 9.80 Å². The summed E-state index contributed by atoms with van der Waals surface area (Å²) in [4.78, 5) is 8.23. The van der Waals surface area contributed by atoms with E-state index in [-0.39, 0.29) is 0 Å². The van der Waals surface area contributed by atoms with E-state index in [1.807, 2.05) is 60.7 Å². The summed E-state index contributed by atoms with van der Waals surface area (Å²) in [7, 11) is 0. The van der Waals surface area contributed by atoms with Gasteiger partial charge in [0, 0.05) is 33.5 Å². The van der Waals surface area contributed by atoms with E-state index in [2.05, 4.69) is 119 Å². The fraction of sp³-hybridized carbons (Fsp3) is 0.0455. The molecule has 8 aromatic rings. The molecule has 0 aliphatic heterocycles. The number of nitrogens with zero attached hydrogens (tertiary/aromatic N) is 4. The highest BCUT2D eigenvalue weighted by Gasteiger charge is 2.23. The Hall–Kier alpha value is -6.62. The van der Waals surface area contributed by atoms with Gasteiger partial charge in [-0.05, 0) is 119 Å². The first-order chi connectivity index (χ1) is 23.6. The average Bonchev–Trinajstić information content (AvgIpc) is 3.14. The van der Waals surface area contributed by atoms with Gasteiger partial charge in [-0.3, -0.25) is 0 Å². The van der Waals surface area contributed by atoms with Gasteiger partial charge >= 0.3 is 0 Å². The Bertz CT molecular complexity index is 2340. The van der Waals surface area contributed by atoms with Crippen LogP contribution in [-0.4, -0.2) is 0 Å². The lowest BCUT2D eigenvalue weighted by atomic mass is 9.88. The molecule has 0 aromatic heterocycles. The topological polar surface area (TPSA) is 34.6 Å². The van der Waals surface area contributed by atoms with Crippen molar-refractivity contribution in [1.29, 1.82) is 5.26 Å². The molecule has 8 rings (SSSR count). The summed E-state index contributed by atoms with van der Waals surface area (Å²) in [6.07, 6.45) is 0. The second-order valence-corrected chi connectivity index (χ2v) is 12.1. The maximum absolute atomic E-state index is 9.51. The Morgan fingerprint density at radius 2 is 0.896 bits per heavy atom. The second-order valence-electron chi connectivity index (χ2n) is 12.1. The van der Waals surface area contributed by atoms with Gasteiger partial charge in [0.15, 0.2) is 5.69 Å². The normalized spacial score (nSPS) is 11.1. The largest absolute Gasteiger partial charge is 0.310 e. The number of para-hydroxylation sites is 2. The van der Waals surface area contributed by atoms with E-state index >= 15 is 0 Å². The Morgan fingerprint density at radius 3 is 1.31 bits per heavy atom. The van der Waals surface area contributed by atoms with Crippen molar-refractivity contribution >= 4 is 72.1 Å². The molecule has 0 saturated heterocycles. The van der Waals surface area contributed by atoms with E-state index in [9.17, 15) is 5.26 Å². The zero-order valence-electron chi connectivity index (χ0n) is 26.6. The molecular formula is C44H30N4. The number of hydrogen-bond donors (Lipinski definition) is 0. The molecule has 226 valence electrons. The molecule has 0 atom stereocenters. The van der Waals surface area contributed by atoms with Crippen LogP contribution in [0.3, 0.4) is 0 Å². The van der Waals surface area contributed by atoms with Crippen LogP contribution in [0.15, 0.2) is 146 Å². The van der Waals surface area contributed by atoms with Gasteiger partial charge in [0.1, 0.15) is 0 Å². The minimum atomic E-state index is 0.617. The van der Waals surface area contributed by atoms with Crippen molar-refractivity contribution in [2.45, 2.75) is 13.8 Å². The van der Waals surface area contributed by atoms with Crippen molar-refractivity contribution < 1.29 is 0 Å². The molecular weight excluding hydrogens is 585 g/mol. The maximum atomic E-state index is 9.51. The SMILES string of the molecule is [C-]#[N+]c1ccc(N(c2ccccc2)c2cc(C)c3ccc4c(N(c5ccccc5)c5ccc(C#N)cc5)cc(C)c5ccc2c3c54)cc1. The van der Waals surface area contributed by atoms with Crippen molar-refractivity contribution in [3.8, 4) is 6.07 Å². The molecule has 0 bridgehead atoms. The molecule has 0 N–H and O–H groups in total. The first-order valence-corrected chi connectivity index (χ1v) is 16.0. The van der Waals surface area contributed by atoms with Gasteiger partial charge in [-0.1, -0.05) is 72.8 Å². The van der Waals surface area contributed by atoms with Crippen LogP contribution in [0.25, 0.3) is 37.2 Å². The van der Waals surface area contributed by atoms with E-state index < -0.39 is 0 Å². The maximum Gasteiger partial charge on any atom is 0.187 e. The first-order valence-electron chi connectivity index (χ1n) is 16.0. The highest BCUT2D eigenvalue weighted by atomic mass is 15.1. The third kappa shape index (κ3) is 4.68. The lowest BCUT2D eigenvalue weighted by Gasteiger charge is -2.30. The number of anilines is 6. The molecule has 48 heavy (non-hydrogen) atoms. The van der Waals surface area contributed by atoms with Crippen molar-refractivity contribution in [2.24, 2.45) is 0 Å². The Labute approximate surface area is 280 Å². The Balaban J connectivity index is 1.44. The minimum Gasteiger partial charge on any atom is -0.310 e. The van der Waals surface area contributed by atoms with Crippen molar-refractivity contribution in [3.05, 3.63) is 174 Å². The highest BCUT2D eigenvalue weighted by molar-refractivity contribution is 6.29. The molecule has 0 amide bonds. The van der Waals surface area contributed by atoms with E-state index in [4.69, 9.17) is 6.57 Å². The zero-order chi connectivity index (χ0) is 32.8. The molecule has 0 fully saturated rings. The number of benzene rings is 8. The highest BCUT2D eigenvalue weighted by Crippen LogP contribution is 2.49. The van der Waals surface area contributed by atoms with Crippen LogP contribution < -0.4 is 9.80 Å². The average molecular weight is 615 g/mol. The van der Waals surface area contributed by atoms with Crippen LogP contribution in [0.2, 0.25) is 0 Å². The molecule has 8 aromatic carbocycles. The summed E-state index contributed by atoms with van der Waals surface area (Å²) in [5.41, 5.74) is 9.90. The summed E-state index contributed by atoms with van der Waals surface area (Å²) >= 11 is 0. The predicted molar refractivity (Wildman–Crippen MR) is 200 cm³/mol. The monoisotopic (exact) mass is 614 g/mol. The van der Waals surface area contributed by atoms with Crippen LogP contribution in [0, 0.1) is 31.8 Å². The number of nitriles is 1. The fourth-order valence-electron chi connectivity index (χ4n) is 7.04. The summed E-state index contributed by atoms with van der Waals surface area (Å²) in [6, 6.07) is 52.4. The Morgan fingerprint density at radius 1 is 0.500 bits per heavy atom. The third-order valence-electron chi connectivity index (χ3n) is 9.27. The van der Waals surface area contributed by atoms with Gasteiger partial charge in [0.2, 0.25) is 0 Å². The van der Waals surface area contributed by atoms with Crippen molar-refractivity contribution in [3.63, 3.8) is 0 Å². The number of aryl methyl sites for hydroxylation is 2. The van der Waals surface area contributed by atoms with E-state index in [0.29, 0.717) is 11.3 Å². The second kappa shape index (κ2) is 11.6. The molecule has 0 unspecified atom stereocenters. The minimum absolute atomic E-state index is 0.617. The van der Waals surface area contributed by atoms with Gasteiger partial charge in [-0.15, -0.1) is 0 Å². The summed E-state index contributed by atoms with van der Waals surface area (Å²) < 4.78 is 0. The standard InChI is InChI=1S/C44H30N4/c1-29-26-41(47(33-10-6-4-7-11-33)35-18-14-31(28-45)15-19-35)39-24-22-38-30(2)27-42(40-25-23-37(29)43(39)44(38)40)48(34-12-8-5-9-13-34)36-20-16-32(46-3)17-21-36/h4-27H,1-2H3. The first kappa shape index (κ1) is 28.8. The summed E-state index contributed by atoms with van der Waals surface area (Å²) in [5.74, 6) is 0. The van der Waals surface area contributed by atoms with Gasteiger partial charge in [0.25, 0.3) is 0 Å². The molecule has 0 aliphatic rings. The van der Waals surface area contributed by atoms with Crippen LogP contribution in [-0.2, 0) is 0 Å². The summed E-state index contributed by atoms with van der Waals surface area (Å²) in [6.45, 7) is 11.9. The van der Waals surface area contributed by atoms with Gasteiger partial charge in [0.05, 0.1) is 29.6 Å². The number of rotatable bonds is 6. The molecule has 0 heterocycles. The van der Waals surface area contributed by atoms with E-state index in [1.54, 1.807) is 0 Å². The molecule has 4 nitrogen and oxygen atoms in total. The lowest BCUT2D eigenvalue weighted by molar-refractivity contribution is 1.29. The Kier molecular flexibility index (Phi) is 6.98. The molecule has 0 aliphatic carbocycles. The molecule has 0 saturated carbocycles. The molecule has 0 spiro atoms. The van der Waals surface area contributed by atoms with Gasteiger partial charge in [-0.2, -0.15) is 5.26 Å². The molecule has 0 radical (unpaired) electrons. The van der Waals surface area contributed by atoms with Crippen LogP contribution in [0.4, 0.5) is 39.8 Å². The zero-order valence-corrected chi connectivity index (χ0v) is 26.6.